The molecule has 0 saturated carbocycles. The summed E-state index contributed by atoms with van der Waals surface area (Å²) >= 11 is 2.66. The van der Waals surface area contributed by atoms with E-state index in [0.717, 1.165) is 16.0 Å². The van der Waals surface area contributed by atoms with Crippen LogP contribution < -0.4 is 10.1 Å². The number of methoxy groups -OCH3 is 1. The number of amides is 1. The van der Waals surface area contributed by atoms with Crippen LogP contribution in [-0.4, -0.2) is 33.0 Å². The van der Waals surface area contributed by atoms with Gasteiger partial charge in [0.05, 0.1) is 23.0 Å². The van der Waals surface area contributed by atoms with Gasteiger partial charge in [0, 0.05) is 12.4 Å². The highest BCUT2D eigenvalue weighted by atomic mass is 32.1. The van der Waals surface area contributed by atoms with Crippen LogP contribution in [0.4, 0.5) is 5.13 Å². The molecule has 0 spiro atoms. The van der Waals surface area contributed by atoms with Crippen molar-refractivity contribution >= 4 is 43.9 Å². The number of anilines is 1. The van der Waals surface area contributed by atoms with E-state index in [9.17, 15) is 4.79 Å². The lowest BCUT2D eigenvalue weighted by Crippen LogP contribution is -2.11. The van der Waals surface area contributed by atoms with E-state index in [4.69, 9.17) is 4.74 Å². The average molecular weight is 383 g/mol. The van der Waals surface area contributed by atoms with E-state index >= 15 is 0 Å². The molecule has 0 aliphatic rings. The molecule has 0 bridgehead atoms. The molecular weight excluding hydrogens is 370 g/mol. The third kappa shape index (κ3) is 3.14. The van der Waals surface area contributed by atoms with Gasteiger partial charge in [0.2, 0.25) is 0 Å². The lowest BCUT2D eigenvalue weighted by molar-refractivity contribution is 0.103. The minimum absolute atomic E-state index is 0.242. The first-order valence-corrected chi connectivity index (χ1v) is 9.28. The summed E-state index contributed by atoms with van der Waals surface area (Å²) in [6, 6.07) is 7.33. The highest BCUT2D eigenvalue weighted by Gasteiger charge is 2.19. The highest BCUT2D eigenvalue weighted by Crippen LogP contribution is 2.31. The van der Waals surface area contributed by atoms with Crippen LogP contribution in [0.1, 0.15) is 15.4 Å². The van der Waals surface area contributed by atoms with Crippen LogP contribution in [0.25, 0.3) is 21.0 Å². The summed E-state index contributed by atoms with van der Waals surface area (Å²) < 4.78 is 6.16. The Morgan fingerprint density at radius 3 is 2.73 bits per heavy atom. The second-order valence-electron chi connectivity index (χ2n) is 5.31. The molecule has 0 radical (unpaired) electrons. The number of aromatic nitrogens is 4. The van der Waals surface area contributed by atoms with Crippen molar-refractivity contribution in [1.29, 1.82) is 0 Å². The van der Waals surface area contributed by atoms with Gasteiger partial charge < -0.3 is 4.74 Å². The van der Waals surface area contributed by atoms with Gasteiger partial charge in [-0.3, -0.25) is 10.1 Å². The van der Waals surface area contributed by atoms with E-state index in [1.165, 1.54) is 22.7 Å². The zero-order chi connectivity index (χ0) is 18.1. The van der Waals surface area contributed by atoms with Crippen molar-refractivity contribution in [2.45, 2.75) is 6.92 Å². The van der Waals surface area contributed by atoms with Crippen LogP contribution in [0, 0.1) is 6.92 Å². The lowest BCUT2D eigenvalue weighted by atomic mass is 10.3. The van der Waals surface area contributed by atoms with Gasteiger partial charge in [-0.15, -0.1) is 11.3 Å². The molecule has 4 aromatic rings. The second-order valence-corrected chi connectivity index (χ2v) is 7.34. The Morgan fingerprint density at radius 1 is 1.15 bits per heavy atom. The summed E-state index contributed by atoms with van der Waals surface area (Å²) in [7, 11) is 1.62. The summed E-state index contributed by atoms with van der Waals surface area (Å²) in [6.07, 6.45) is 3.29. The Morgan fingerprint density at radius 2 is 1.96 bits per heavy atom. The molecular formula is C17H13N5O2S2. The predicted molar refractivity (Wildman–Crippen MR) is 102 cm³/mol. The predicted octanol–water partition coefficient (Wildman–Crippen LogP) is 3.78. The van der Waals surface area contributed by atoms with Gasteiger partial charge in [0.25, 0.3) is 5.91 Å². The monoisotopic (exact) mass is 383 g/mol. The number of carbonyl (C=O) groups excluding carboxylic acids is 1. The van der Waals surface area contributed by atoms with Crippen LogP contribution >= 0.6 is 22.7 Å². The topological polar surface area (TPSA) is 89.9 Å². The van der Waals surface area contributed by atoms with Gasteiger partial charge in [-0.2, -0.15) is 0 Å². The summed E-state index contributed by atoms with van der Waals surface area (Å²) in [5.41, 5.74) is 1.45. The number of thiazole rings is 2. The fraction of sp³-hybridized carbons (Fsp3) is 0.118. The molecule has 7 nitrogen and oxygen atoms in total. The Labute approximate surface area is 156 Å². The zero-order valence-corrected chi connectivity index (χ0v) is 15.5. The Hall–Kier alpha value is -2.91. The van der Waals surface area contributed by atoms with Crippen molar-refractivity contribution in [2.24, 2.45) is 0 Å². The van der Waals surface area contributed by atoms with Crippen molar-refractivity contribution in [1.82, 2.24) is 19.9 Å². The number of carbonyl (C=O) groups is 1. The van der Waals surface area contributed by atoms with Crippen LogP contribution in [0.5, 0.6) is 5.75 Å². The number of rotatable bonds is 4. The lowest BCUT2D eigenvalue weighted by Gasteiger charge is -1.98. The molecule has 0 aliphatic heterocycles. The maximum absolute atomic E-state index is 12.6. The summed E-state index contributed by atoms with van der Waals surface area (Å²) in [6.45, 7) is 1.79. The number of nitrogens with one attached hydrogen (secondary N) is 1. The normalized spacial score (nSPS) is 10.8. The molecule has 0 fully saturated rings. The van der Waals surface area contributed by atoms with Crippen LogP contribution in [0.2, 0.25) is 0 Å². The highest BCUT2D eigenvalue weighted by molar-refractivity contribution is 7.22. The first-order chi connectivity index (χ1) is 12.6. The van der Waals surface area contributed by atoms with Crippen LogP contribution in [0.3, 0.4) is 0 Å². The molecule has 3 heterocycles. The molecule has 0 unspecified atom stereocenters. The molecule has 0 atom stereocenters. The summed E-state index contributed by atoms with van der Waals surface area (Å²) in [5.74, 6) is 1.02. The van der Waals surface area contributed by atoms with E-state index in [0.29, 0.717) is 26.5 Å². The summed E-state index contributed by atoms with van der Waals surface area (Å²) in [4.78, 5) is 30.4. The molecule has 1 amide bonds. The van der Waals surface area contributed by atoms with Gasteiger partial charge in [-0.25, -0.2) is 19.9 Å². The third-order valence-corrected chi connectivity index (χ3v) is 5.66. The Bertz CT molecular complexity index is 1090. The van der Waals surface area contributed by atoms with E-state index < -0.39 is 0 Å². The second kappa shape index (κ2) is 6.77. The number of hydrogen-bond acceptors (Lipinski definition) is 8. The van der Waals surface area contributed by atoms with E-state index in [1.54, 1.807) is 32.5 Å². The van der Waals surface area contributed by atoms with E-state index in [-0.39, 0.29) is 5.91 Å². The molecule has 0 aliphatic carbocycles. The Balaban J connectivity index is 1.59. The van der Waals surface area contributed by atoms with Gasteiger partial charge >= 0.3 is 0 Å². The fourth-order valence-electron chi connectivity index (χ4n) is 2.35. The first-order valence-electron chi connectivity index (χ1n) is 7.65. The molecule has 3 aromatic heterocycles. The minimum atomic E-state index is -0.242. The number of benzene rings is 1. The number of hydrogen-bond donors (Lipinski definition) is 1. The van der Waals surface area contributed by atoms with Crippen LogP contribution in [-0.2, 0) is 0 Å². The van der Waals surface area contributed by atoms with Crippen molar-refractivity contribution < 1.29 is 9.53 Å². The molecule has 26 heavy (non-hydrogen) atoms. The average Bonchev–Trinajstić information content (AvgIpc) is 3.24. The number of nitrogens with zero attached hydrogens (tertiary/aromatic N) is 4. The zero-order valence-electron chi connectivity index (χ0n) is 13.9. The van der Waals surface area contributed by atoms with Crippen molar-refractivity contribution in [3.8, 4) is 16.6 Å². The molecule has 1 aromatic carbocycles. The first kappa shape index (κ1) is 16.6. The van der Waals surface area contributed by atoms with Crippen LogP contribution in [0.15, 0.2) is 36.7 Å². The largest absolute Gasteiger partial charge is 0.497 e. The van der Waals surface area contributed by atoms with Gasteiger partial charge in [0.15, 0.2) is 16.0 Å². The fourth-order valence-corrected chi connectivity index (χ4v) is 4.15. The number of ether oxygens (including phenoxy) is 1. The standard InChI is InChI=1S/C17H13N5O2S2/c1-9-13(26-16(20-9)14-18-6-3-7-19-14)15(23)22-17-21-11-5-4-10(24-2)8-12(11)25-17/h3-8H,1-2H3,(H,21,22,23). The van der Waals surface area contributed by atoms with E-state index in [2.05, 4.69) is 25.3 Å². The number of fused-ring (bicyclic) bond motifs is 1. The number of aryl methyl sites for hydroxylation is 1. The van der Waals surface area contributed by atoms with Crippen molar-refractivity contribution in [3.05, 3.63) is 47.2 Å². The smallest absolute Gasteiger partial charge is 0.269 e. The van der Waals surface area contributed by atoms with Crippen molar-refractivity contribution in [3.63, 3.8) is 0 Å². The Kier molecular flexibility index (Phi) is 4.31. The van der Waals surface area contributed by atoms with Gasteiger partial charge in [-0.05, 0) is 31.2 Å². The van der Waals surface area contributed by atoms with E-state index in [1.807, 2.05) is 18.2 Å². The van der Waals surface area contributed by atoms with Crippen molar-refractivity contribution in [2.75, 3.05) is 12.4 Å². The maximum Gasteiger partial charge on any atom is 0.269 e. The SMILES string of the molecule is COc1ccc2nc(NC(=O)c3sc(-c4ncccn4)nc3C)sc2c1. The molecule has 4 rings (SSSR count). The summed E-state index contributed by atoms with van der Waals surface area (Å²) in [5, 5.41) is 3.99. The van der Waals surface area contributed by atoms with Gasteiger partial charge in [-0.1, -0.05) is 11.3 Å². The molecule has 1 N–H and O–H groups in total. The third-order valence-electron chi connectivity index (χ3n) is 3.58. The maximum atomic E-state index is 12.6. The molecule has 9 heteroatoms. The quantitative estimate of drug-likeness (QED) is 0.577. The molecule has 0 saturated heterocycles. The molecule has 130 valence electrons. The minimum Gasteiger partial charge on any atom is -0.497 e. The van der Waals surface area contributed by atoms with Gasteiger partial charge in [0.1, 0.15) is 10.6 Å².